The molecular formula is C12H17N3O3S. The highest BCUT2D eigenvalue weighted by molar-refractivity contribution is 7.90. The Kier molecular flexibility index (Phi) is 3.18. The van der Waals surface area contributed by atoms with Gasteiger partial charge in [0.15, 0.2) is 0 Å². The number of hydrogen-bond acceptors (Lipinski definition) is 4. The second-order valence-corrected chi connectivity index (χ2v) is 7.28. The zero-order chi connectivity index (χ0) is 13.5. The van der Waals surface area contributed by atoms with Crippen LogP contribution in [0.3, 0.4) is 0 Å². The number of hydrogen-bond donors (Lipinski definition) is 1. The lowest BCUT2D eigenvalue weighted by Gasteiger charge is -2.08. The normalized spacial score (nSPS) is 19.6. The fraction of sp³-hybridized carbons (Fsp3) is 0.667. The van der Waals surface area contributed by atoms with Crippen molar-refractivity contribution in [3.8, 4) is 0 Å². The second-order valence-electron chi connectivity index (χ2n) is 5.23. The summed E-state index contributed by atoms with van der Waals surface area (Å²) < 4.78 is 27.2. The van der Waals surface area contributed by atoms with Crippen LogP contribution in [0, 0.1) is 0 Å². The van der Waals surface area contributed by atoms with Crippen molar-refractivity contribution < 1.29 is 8.42 Å². The van der Waals surface area contributed by atoms with E-state index in [4.69, 9.17) is 0 Å². The summed E-state index contributed by atoms with van der Waals surface area (Å²) in [6.45, 7) is 0.505. The first-order valence-corrected chi connectivity index (χ1v) is 8.17. The minimum atomic E-state index is -3.18. The van der Waals surface area contributed by atoms with E-state index in [9.17, 15) is 13.2 Å². The van der Waals surface area contributed by atoms with Gasteiger partial charge in [0.2, 0.25) is 10.0 Å². The monoisotopic (exact) mass is 283 g/mol. The highest BCUT2D eigenvalue weighted by Gasteiger charge is 2.35. The van der Waals surface area contributed by atoms with Crippen molar-refractivity contribution >= 4 is 10.0 Å². The summed E-state index contributed by atoms with van der Waals surface area (Å²) in [6, 6.07) is 3.28. The van der Waals surface area contributed by atoms with Crippen molar-refractivity contribution in [1.29, 1.82) is 0 Å². The van der Waals surface area contributed by atoms with Gasteiger partial charge in [-0.3, -0.25) is 4.79 Å². The smallest absolute Gasteiger partial charge is 0.266 e. The number of sulfonamides is 1. The second kappa shape index (κ2) is 4.72. The lowest BCUT2D eigenvalue weighted by Crippen LogP contribution is -2.33. The SMILES string of the molecule is O=c1ccc(C2CC2)nn1CCNS(=O)(=O)C1CC1. The molecule has 19 heavy (non-hydrogen) atoms. The van der Waals surface area contributed by atoms with Gasteiger partial charge in [0.05, 0.1) is 17.5 Å². The topological polar surface area (TPSA) is 81.1 Å². The summed E-state index contributed by atoms with van der Waals surface area (Å²) in [6.07, 6.45) is 3.73. The molecule has 0 radical (unpaired) electrons. The largest absolute Gasteiger partial charge is 0.268 e. The summed E-state index contributed by atoms with van der Waals surface area (Å²) >= 11 is 0. The molecule has 0 saturated heterocycles. The van der Waals surface area contributed by atoms with Crippen LogP contribution in [-0.4, -0.2) is 30.0 Å². The molecule has 3 rings (SSSR count). The Morgan fingerprint density at radius 3 is 2.63 bits per heavy atom. The molecular weight excluding hydrogens is 266 g/mol. The predicted octanol–water partition coefficient (Wildman–Crippen LogP) is 0.203. The van der Waals surface area contributed by atoms with Crippen LogP contribution in [0.2, 0.25) is 0 Å². The third-order valence-electron chi connectivity index (χ3n) is 3.47. The maximum Gasteiger partial charge on any atom is 0.266 e. The number of rotatable bonds is 6. The van der Waals surface area contributed by atoms with Crippen LogP contribution in [0.15, 0.2) is 16.9 Å². The van der Waals surface area contributed by atoms with E-state index >= 15 is 0 Å². The van der Waals surface area contributed by atoms with Crippen molar-refractivity contribution in [2.45, 2.75) is 43.4 Å². The molecule has 104 valence electrons. The molecule has 1 aromatic heterocycles. The molecule has 0 spiro atoms. The molecule has 1 aromatic rings. The fourth-order valence-corrected chi connectivity index (χ4v) is 3.38. The Bertz CT molecular complexity index is 630. The van der Waals surface area contributed by atoms with Gasteiger partial charge in [0, 0.05) is 18.5 Å². The zero-order valence-electron chi connectivity index (χ0n) is 10.6. The Morgan fingerprint density at radius 2 is 2.00 bits per heavy atom. The summed E-state index contributed by atoms with van der Waals surface area (Å²) in [7, 11) is -3.18. The maximum atomic E-state index is 11.6. The van der Waals surface area contributed by atoms with Crippen LogP contribution in [-0.2, 0) is 16.6 Å². The molecule has 0 aromatic carbocycles. The maximum absolute atomic E-state index is 11.6. The van der Waals surface area contributed by atoms with Crippen LogP contribution in [0.5, 0.6) is 0 Å². The Hall–Kier alpha value is -1.21. The van der Waals surface area contributed by atoms with E-state index in [-0.39, 0.29) is 23.9 Å². The molecule has 0 aliphatic heterocycles. The molecule has 2 fully saturated rings. The lowest BCUT2D eigenvalue weighted by atomic mass is 10.3. The van der Waals surface area contributed by atoms with Gasteiger partial charge in [-0.15, -0.1) is 0 Å². The van der Waals surface area contributed by atoms with E-state index in [1.54, 1.807) is 6.07 Å². The zero-order valence-corrected chi connectivity index (χ0v) is 11.4. The minimum absolute atomic E-state index is 0.185. The van der Waals surface area contributed by atoms with Crippen molar-refractivity contribution in [2.75, 3.05) is 6.54 Å². The highest BCUT2D eigenvalue weighted by atomic mass is 32.2. The van der Waals surface area contributed by atoms with Gasteiger partial charge in [0.25, 0.3) is 5.56 Å². The van der Waals surface area contributed by atoms with Crippen molar-refractivity contribution in [1.82, 2.24) is 14.5 Å². The van der Waals surface area contributed by atoms with Gasteiger partial charge in [0.1, 0.15) is 0 Å². The summed E-state index contributed by atoms with van der Waals surface area (Å²) in [5.41, 5.74) is 0.750. The molecule has 2 aliphatic carbocycles. The minimum Gasteiger partial charge on any atom is -0.268 e. The third-order valence-corrected chi connectivity index (χ3v) is 5.43. The summed E-state index contributed by atoms with van der Waals surface area (Å²) in [5.74, 6) is 0.481. The molecule has 0 atom stereocenters. The summed E-state index contributed by atoms with van der Waals surface area (Å²) in [5, 5.41) is 4.06. The van der Waals surface area contributed by atoms with Crippen LogP contribution >= 0.6 is 0 Å². The van der Waals surface area contributed by atoms with Crippen molar-refractivity contribution in [3.63, 3.8) is 0 Å². The predicted molar refractivity (Wildman–Crippen MR) is 70.4 cm³/mol. The summed E-state index contributed by atoms with van der Waals surface area (Å²) in [4.78, 5) is 11.6. The molecule has 2 aliphatic rings. The first kappa shape index (κ1) is 12.8. The first-order valence-electron chi connectivity index (χ1n) is 6.63. The fourth-order valence-electron chi connectivity index (χ4n) is 2.01. The molecule has 2 saturated carbocycles. The van der Waals surface area contributed by atoms with E-state index in [1.165, 1.54) is 10.7 Å². The molecule has 6 nitrogen and oxygen atoms in total. The number of nitrogens with one attached hydrogen (secondary N) is 1. The standard InChI is InChI=1S/C12H17N3O3S/c16-12-6-5-11(9-1-2-9)14-15(12)8-7-13-19(17,18)10-3-4-10/h5-6,9-10,13H,1-4,7-8H2. The van der Waals surface area contributed by atoms with Crippen LogP contribution in [0.4, 0.5) is 0 Å². The number of nitrogens with zero attached hydrogens (tertiary/aromatic N) is 2. The molecule has 1 N–H and O–H groups in total. The van der Waals surface area contributed by atoms with E-state index in [0.29, 0.717) is 5.92 Å². The molecule has 7 heteroatoms. The molecule has 0 amide bonds. The van der Waals surface area contributed by atoms with Gasteiger partial charge in [-0.05, 0) is 31.7 Å². The average molecular weight is 283 g/mol. The van der Waals surface area contributed by atoms with E-state index in [0.717, 1.165) is 31.4 Å². The molecule has 0 unspecified atom stereocenters. The lowest BCUT2D eigenvalue weighted by molar-refractivity contribution is 0.540. The van der Waals surface area contributed by atoms with Gasteiger partial charge < -0.3 is 0 Å². The van der Waals surface area contributed by atoms with E-state index in [2.05, 4.69) is 9.82 Å². The van der Waals surface area contributed by atoms with Crippen molar-refractivity contribution in [2.24, 2.45) is 0 Å². The van der Waals surface area contributed by atoms with E-state index in [1.807, 2.05) is 0 Å². The van der Waals surface area contributed by atoms with Gasteiger partial charge in [-0.25, -0.2) is 17.8 Å². The van der Waals surface area contributed by atoms with E-state index < -0.39 is 10.0 Å². The van der Waals surface area contributed by atoms with Gasteiger partial charge in [-0.2, -0.15) is 5.10 Å². The quantitative estimate of drug-likeness (QED) is 0.809. The van der Waals surface area contributed by atoms with Crippen LogP contribution in [0.1, 0.15) is 37.3 Å². The van der Waals surface area contributed by atoms with Crippen LogP contribution in [0.25, 0.3) is 0 Å². The molecule has 0 bridgehead atoms. The number of aromatic nitrogens is 2. The average Bonchev–Trinajstić information content (AvgIpc) is 3.23. The van der Waals surface area contributed by atoms with Crippen molar-refractivity contribution in [3.05, 3.63) is 28.2 Å². The Balaban J connectivity index is 1.62. The molecule has 1 heterocycles. The van der Waals surface area contributed by atoms with Gasteiger partial charge in [-0.1, -0.05) is 0 Å². The Labute approximate surface area is 111 Å². The third kappa shape index (κ3) is 3.03. The van der Waals surface area contributed by atoms with Gasteiger partial charge >= 0.3 is 0 Å². The first-order chi connectivity index (χ1) is 9.06. The van der Waals surface area contributed by atoms with Crippen LogP contribution < -0.4 is 10.3 Å². The highest BCUT2D eigenvalue weighted by Crippen LogP contribution is 2.38. The Morgan fingerprint density at radius 1 is 1.26 bits per heavy atom.